The molecule has 0 spiro atoms. The van der Waals surface area contributed by atoms with Crippen molar-refractivity contribution in [3.63, 3.8) is 0 Å². The Balaban J connectivity index is 1.90. The zero-order valence-corrected chi connectivity index (χ0v) is 11.0. The lowest BCUT2D eigenvalue weighted by Gasteiger charge is -2.18. The van der Waals surface area contributed by atoms with Crippen molar-refractivity contribution >= 4 is 17.7 Å². The Kier molecular flexibility index (Phi) is 4.39. The Bertz CT molecular complexity index is 447. The predicted molar refractivity (Wildman–Crippen MR) is 72.0 cm³/mol. The molecule has 1 aliphatic rings. The topological polar surface area (TPSA) is 49.9 Å². The SMILES string of the molecule is CCOC(=O)CCN1CCN(c2ccccc2)C1=O. The summed E-state index contributed by atoms with van der Waals surface area (Å²) in [4.78, 5) is 26.9. The summed E-state index contributed by atoms with van der Waals surface area (Å²) >= 11 is 0. The van der Waals surface area contributed by atoms with Crippen LogP contribution in [0.1, 0.15) is 13.3 Å². The first-order chi connectivity index (χ1) is 9.22. The molecule has 1 fully saturated rings. The number of carbonyl (C=O) groups is 2. The number of amides is 2. The average Bonchev–Trinajstić information content (AvgIpc) is 2.79. The largest absolute Gasteiger partial charge is 0.466 e. The second-order valence-electron chi connectivity index (χ2n) is 4.31. The van der Waals surface area contributed by atoms with Crippen LogP contribution in [0.25, 0.3) is 0 Å². The highest BCUT2D eigenvalue weighted by Gasteiger charge is 2.29. The maximum absolute atomic E-state index is 12.2. The van der Waals surface area contributed by atoms with Crippen molar-refractivity contribution in [2.24, 2.45) is 0 Å². The highest BCUT2D eigenvalue weighted by Crippen LogP contribution is 2.19. The van der Waals surface area contributed by atoms with E-state index < -0.39 is 0 Å². The van der Waals surface area contributed by atoms with Gasteiger partial charge in [-0.2, -0.15) is 0 Å². The van der Waals surface area contributed by atoms with Gasteiger partial charge in [0.1, 0.15) is 0 Å². The molecule has 5 heteroatoms. The van der Waals surface area contributed by atoms with E-state index in [0.29, 0.717) is 26.2 Å². The van der Waals surface area contributed by atoms with Crippen molar-refractivity contribution in [3.05, 3.63) is 30.3 Å². The first-order valence-electron chi connectivity index (χ1n) is 6.49. The van der Waals surface area contributed by atoms with Crippen molar-refractivity contribution in [3.8, 4) is 0 Å². The Labute approximate surface area is 112 Å². The maximum atomic E-state index is 12.2. The van der Waals surface area contributed by atoms with Gasteiger partial charge in [0.15, 0.2) is 0 Å². The van der Waals surface area contributed by atoms with Crippen LogP contribution in [0.5, 0.6) is 0 Å². The van der Waals surface area contributed by atoms with Crippen LogP contribution in [-0.4, -0.2) is 43.1 Å². The van der Waals surface area contributed by atoms with Crippen molar-refractivity contribution in [1.82, 2.24) is 4.90 Å². The van der Waals surface area contributed by atoms with Gasteiger partial charge in [0, 0.05) is 25.3 Å². The fourth-order valence-corrected chi connectivity index (χ4v) is 2.10. The van der Waals surface area contributed by atoms with Crippen molar-refractivity contribution in [2.75, 3.05) is 31.1 Å². The third kappa shape index (κ3) is 3.24. The Hall–Kier alpha value is -2.04. The second kappa shape index (κ2) is 6.22. The highest BCUT2D eigenvalue weighted by molar-refractivity contribution is 5.94. The van der Waals surface area contributed by atoms with Gasteiger partial charge >= 0.3 is 12.0 Å². The van der Waals surface area contributed by atoms with E-state index in [9.17, 15) is 9.59 Å². The maximum Gasteiger partial charge on any atom is 0.324 e. The van der Waals surface area contributed by atoms with Crippen LogP contribution >= 0.6 is 0 Å². The number of esters is 1. The molecule has 1 aromatic carbocycles. The summed E-state index contributed by atoms with van der Waals surface area (Å²) in [5.41, 5.74) is 0.895. The summed E-state index contributed by atoms with van der Waals surface area (Å²) in [7, 11) is 0. The molecule has 19 heavy (non-hydrogen) atoms. The van der Waals surface area contributed by atoms with Crippen LogP contribution in [0, 0.1) is 0 Å². The van der Waals surface area contributed by atoms with Gasteiger partial charge in [-0.25, -0.2) is 4.79 Å². The molecule has 0 N–H and O–H groups in total. The Morgan fingerprint density at radius 1 is 1.26 bits per heavy atom. The number of urea groups is 1. The summed E-state index contributed by atoms with van der Waals surface area (Å²) in [5.74, 6) is -0.256. The second-order valence-corrected chi connectivity index (χ2v) is 4.31. The van der Waals surface area contributed by atoms with Crippen LogP contribution in [-0.2, 0) is 9.53 Å². The lowest BCUT2D eigenvalue weighted by Crippen LogP contribution is -2.33. The van der Waals surface area contributed by atoms with Gasteiger partial charge in [-0.15, -0.1) is 0 Å². The summed E-state index contributed by atoms with van der Waals surface area (Å²) in [6, 6.07) is 9.51. The minimum absolute atomic E-state index is 0.0458. The normalized spacial score (nSPS) is 14.9. The highest BCUT2D eigenvalue weighted by atomic mass is 16.5. The van der Waals surface area contributed by atoms with Gasteiger partial charge < -0.3 is 9.64 Å². The zero-order chi connectivity index (χ0) is 13.7. The third-order valence-electron chi connectivity index (χ3n) is 3.05. The number of nitrogens with zero attached hydrogens (tertiary/aromatic N) is 2. The van der Waals surface area contributed by atoms with Gasteiger partial charge in [-0.05, 0) is 19.1 Å². The molecule has 0 saturated carbocycles. The summed E-state index contributed by atoms with van der Waals surface area (Å²) < 4.78 is 4.86. The van der Waals surface area contributed by atoms with Gasteiger partial charge in [0.2, 0.25) is 0 Å². The summed E-state index contributed by atoms with van der Waals surface area (Å²) in [5, 5.41) is 0. The summed E-state index contributed by atoms with van der Waals surface area (Å²) in [6.45, 7) is 3.87. The van der Waals surface area contributed by atoms with Gasteiger partial charge in [-0.1, -0.05) is 18.2 Å². The van der Waals surface area contributed by atoms with Gasteiger partial charge in [-0.3, -0.25) is 9.69 Å². The number of para-hydroxylation sites is 1. The number of hydrogen-bond acceptors (Lipinski definition) is 3. The number of hydrogen-bond donors (Lipinski definition) is 0. The molecule has 1 saturated heterocycles. The summed E-state index contributed by atoms with van der Waals surface area (Å²) in [6.07, 6.45) is 0.252. The molecular formula is C14H18N2O3. The van der Waals surface area contributed by atoms with Crippen LogP contribution < -0.4 is 4.90 Å². The van der Waals surface area contributed by atoms with E-state index >= 15 is 0 Å². The minimum Gasteiger partial charge on any atom is -0.466 e. The van der Waals surface area contributed by atoms with E-state index in [0.717, 1.165) is 5.69 Å². The molecule has 1 aromatic rings. The van der Waals surface area contributed by atoms with E-state index in [-0.39, 0.29) is 18.4 Å². The standard InChI is InChI=1S/C14H18N2O3/c1-2-19-13(17)8-9-15-10-11-16(14(15)18)12-6-4-3-5-7-12/h3-7H,2,8-11H2,1H3. The number of ether oxygens (including phenoxy) is 1. The molecule has 0 unspecified atom stereocenters. The van der Waals surface area contributed by atoms with E-state index in [1.54, 1.807) is 16.7 Å². The van der Waals surface area contributed by atoms with E-state index in [2.05, 4.69) is 0 Å². The molecule has 102 valence electrons. The Morgan fingerprint density at radius 2 is 2.00 bits per heavy atom. The van der Waals surface area contributed by atoms with E-state index in [1.165, 1.54) is 0 Å². The van der Waals surface area contributed by atoms with Crippen LogP contribution in [0.15, 0.2) is 30.3 Å². The van der Waals surface area contributed by atoms with Crippen LogP contribution in [0.2, 0.25) is 0 Å². The molecule has 0 radical (unpaired) electrons. The van der Waals surface area contributed by atoms with Crippen LogP contribution in [0.4, 0.5) is 10.5 Å². The molecule has 0 aromatic heterocycles. The molecule has 0 aliphatic carbocycles. The number of carbonyl (C=O) groups excluding carboxylic acids is 2. The lowest BCUT2D eigenvalue weighted by molar-refractivity contribution is -0.143. The third-order valence-corrected chi connectivity index (χ3v) is 3.05. The smallest absolute Gasteiger partial charge is 0.324 e. The number of anilines is 1. The molecule has 0 bridgehead atoms. The molecule has 2 rings (SSSR count). The van der Waals surface area contributed by atoms with Gasteiger partial charge in [0.05, 0.1) is 13.0 Å². The molecule has 5 nitrogen and oxygen atoms in total. The average molecular weight is 262 g/mol. The molecule has 1 heterocycles. The van der Waals surface area contributed by atoms with Crippen molar-refractivity contribution < 1.29 is 14.3 Å². The monoisotopic (exact) mass is 262 g/mol. The fourth-order valence-electron chi connectivity index (χ4n) is 2.10. The molecule has 0 atom stereocenters. The quantitative estimate of drug-likeness (QED) is 0.761. The van der Waals surface area contributed by atoms with Gasteiger partial charge in [0.25, 0.3) is 0 Å². The predicted octanol–water partition coefficient (Wildman–Crippen LogP) is 1.88. The zero-order valence-electron chi connectivity index (χ0n) is 11.0. The van der Waals surface area contributed by atoms with Crippen molar-refractivity contribution in [2.45, 2.75) is 13.3 Å². The first-order valence-corrected chi connectivity index (χ1v) is 6.49. The molecule has 1 aliphatic heterocycles. The molecule has 2 amide bonds. The Morgan fingerprint density at radius 3 is 2.68 bits per heavy atom. The van der Waals surface area contributed by atoms with E-state index in [1.807, 2.05) is 30.3 Å². The van der Waals surface area contributed by atoms with Crippen molar-refractivity contribution in [1.29, 1.82) is 0 Å². The fraction of sp³-hybridized carbons (Fsp3) is 0.429. The van der Waals surface area contributed by atoms with Crippen LogP contribution in [0.3, 0.4) is 0 Å². The number of benzene rings is 1. The van der Waals surface area contributed by atoms with E-state index in [4.69, 9.17) is 4.74 Å². The molecular weight excluding hydrogens is 244 g/mol. The number of rotatable bonds is 5. The first kappa shape index (κ1) is 13.4. The lowest BCUT2D eigenvalue weighted by atomic mass is 10.3. The minimum atomic E-state index is -0.256.